The number of halogens is 2. The zero-order valence-electron chi connectivity index (χ0n) is 8.74. The molecule has 88 valence electrons. The van der Waals surface area contributed by atoms with Crippen LogP contribution in [0.1, 0.15) is 10.5 Å². The molecule has 0 aliphatic carbocycles. The predicted molar refractivity (Wildman–Crippen MR) is 53.2 cm³/mol. The molecule has 0 N–H and O–H groups in total. The Morgan fingerprint density at radius 1 is 1.35 bits per heavy atom. The Bertz CT molecular complexity index is 545. The molecule has 0 fully saturated rings. The first-order chi connectivity index (χ1) is 8.13. The lowest BCUT2D eigenvalue weighted by Crippen LogP contribution is -2.00. The Morgan fingerprint density at radius 2 is 2.00 bits per heavy atom. The van der Waals surface area contributed by atoms with Crippen molar-refractivity contribution in [3.8, 4) is 11.3 Å². The Balaban J connectivity index is 2.47. The molecule has 2 aromatic rings. The third-order valence-electron chi connectivity index (χ3n) is 2.11. The number of hydrogen-bond acceptors (Lipinski definition) is 4. The van der Waals surface area contributed by atoms with Crippen LogP contribution in [0.15, 0.2) is 28.8 Å². The van der Waals surface area contributed by atoms with Gasteiger partial charge in [-0.1, -0.05) is 11.2 Å². The molecular weight excluding hydrogens is 232 g/mol. The van der Waals surface area contributed by atoms with E-state index in [0.29, 0.717) is 0 Å². The second-order valence-corrected chi connectivity index (χ2v) is 3.16. The van der Waals surface area contributed by atoms with Crippen molar-refractivity contribution >= 4 is 5.97 Å². The number of rotatable bonds is 2. The molecule has 0 spiro atoms. The molecule has 6 heteroatoms. The summed E-state index contributed by atoms with van der Waals surface area (Å²) in [5.74, 6) is -2.49. The zero-order valence-corrected chi connectivity index (χ0v) is 8.74. The van der Waals surface area contributed by atoms with Crippen molar-refractivity contribution in [1.82, 2.24) is 5.16 Å². The number of benzene rings is 1. The van der Waals surface area contributed by atoms with E-state index in [1.807, 2.05) is 0 Å². The number of aromatic nitrogens is 1. The minimum atomic E-state index is -0.794. The van der Waals surface area contributed by atoms with Crippen molar-refractivity contribution in [2.45, 2.75) is 0 Å². The molecule has 1 aromatic carbocycles. The van der Waals surface area contributed by atoms with Gasteiger partial charge in [0.2, 0.25) is 0 Å². The fourth-order valence-corrected chi connectivity index (χ4v) is 1.33. The Morgan fingerprint density at radius 3 is 2.59 bits per heavy atom. The summed E-state index contributed by atoms with van der Waals surface area (Å²) in [6, 6.07) is 4.51. The van der Waals surface area contributed by atoms with Crippen molar-refractivity contribution in [2.24, 2.45) is 0 Å². The number of hydrogen-bond donors (Lipinski definition) is 0. The third kappa shape index (κ3) is 2.01. The van der Waals surface area contributed by atoms with Gasteiger partial charge >= 0.3 is 5.97 Å². The maximum absolute atomic E-state index is 13.4. The second kappa shape index (κ2) is 4.32. The molecule has 0 aliphatic heterocycles. The van der Waals surface area contributed by atoms with Crippen LogP contribution >= 0.6 is 0 Å². The van der Waals surface area contributed by atoms with Gasteiger partial charge < -0.3 is 9.26 Å². The van der Waals surface area contributed by atoms with Crippen LogP contribution in [0.25, 0.3) is 11.3 Å². The average Bonchev–Trinajstić information content (AvgIpc) is 2.77. The normalized spacial score (nSPS) is 10.3. The molecule has 17 heavy (non-hydrogen) atoms. The topological polar surface area (TPSA) is 52.3 Å². The summed E-state index contributed by atoms with van der Waals surface area (Å²) in [5.41, 5.74) is -0.514. The summed E-state index contributed by atoms with van der Waals surface area (Å²) in [6.45, 7) is 0. The predicted octanol–water partition coefficient (Wildman–Crippen LogP) is 2.41. The smallest absolute Gasteiger partial charge is 0.360 e. The minimum Gasteiger partial charge on any atom is -0.464 e. The monoisotopic (exact) mass is 239 g/mol. The number of ether oxygens (including phenoxy) is 1. The van der Waals surface area contributed by atoms with Gasteiger partial charge in [-0.15, -0.1) is 0 Å². The maximum atomic E-state index is 13.4. The standard InChI is InChI=1S/C11H7F2NO3/c1-16-11(15)8-5-9(17-14-8)10-6(12)3-2-4-7(10)13/h2-5H,1H3. The fraction of sp³-hybridized carbons (Fsp3) is 0.0909. The van der Waals surface area contributed by atoms with Crippen LogP contribution < -0.4 is 0 Å². The fourth-order valence-electron chi connectivity index (χ4n) is 1.33. The molecule has 0 atom stereocenters. The minimum absolute atomic E-state index is 0.148. The van der Waals surface area contributed by atoms with Crippen molar-refractivity contribution in [3.63, 3.8) is 0 Å². The summed E-state index contributed by atoms with van der Waals surface area (Å²) in [7, 11) is 1.17. The van der Waals surface area contributed by atoms with E-state index in [1.54, 1.807) is 0 Å². The third-order valence-corrected chi connectivity index (χ3v) is 2.11. The lowest BCUT2D eigenvalue weighted by Gasteiger charge is -1.98. The molecule has 0 saturated heterocycles. The van der Waals surface area contributed by atoms with Crippen molar-refractivity contribution in [2.75, 3.05) is 7.11 Å². The zero-order chi connectivity index (χ0) is 12.4. The van der Waals surface area contributed by atoms with Crippen LogP contribution in [-0.4, -0.2) is 18.2 Å². The molecule has 4 nitrogen and oxygen atoms in total. The van der Waals surface area contributed by atoms with E-state index in [2.05, 4.69) is 9.89 Å². The average molecular weight is 239 g/mol. The Labute approximate surface area is 94.8 Å². The van der Waals surface area contributed by atoms with Gasteiger partial charge in [0.1, 0.15) is 11.6 Å². The van der Waals surface area contributed by atoms with Gasteiger partial charge in [-0.25, -0.2) is 13.6 Å². The highest BCUT2D eigenvalue weighted by Gasteiger charge is 2.19. The van der Waals surface area contributed by atoms with Crippen molar-refractivity contribution in [1.29, 1.82) is 0 Å². The summed E-state index contributed by atoms with van der Waals surface area (Å²) in [4.78, 5) is 11.1. The first-order valence-electron chi connectivity index (χ1n) is 4.63. The Kier molecular flexibility index (Phi) is 2.86. The van der Waals surface area contributed by atoms with Gasteiger partial charge in [-0.3, -0.25) is 0 Å². The summed E-state index contributed by atoms with van der Waals surface area (Å²) < 4.78 is 35.9. The van der Waals surface area contributed by atoms with E-state index in [0.717, 1.165) is 18.2 Å². The number of carbonyl (C=O) groups excluding carboxylic acids is 1. The number of carbonyl (C=O) groups is 1. The molecule has 0 unspecified atom stereocenters. The summed E-state index contributed by atoms with van der Waals surface area (Å²) >= 11 is 0. The van der Waals surface area contributed by atoms with Crippen LogP contribution in [0.3, 0.4) is 0 Å². The second-order valence-electron chi connectivity index (χ2n) is 3.16. The lowest BCUT2D eigenvalue weighted by atomic mass is 10.1. The van der Waals surface area contributed by atoms with Gasteiger partial charge in [0.15, 0.2) is 11.5 Å². The summed E-state index contributed by atoms with van der Waals surface area (Å²) in [6.07, 6.45) is 0. The highest BCUT2D eigenvalue weighted by atomic mass is 19.1. The van der Waals surface area contributed by atoms with Crippen LogP contribution in [0.2, 0.25) is 0 Å². The molecule has 1 heterocycles. The Hall–Kier alpha value is -2.24. The largest absolute Gasteiger partial charge is 0.464 e. The van der Waals surface area contributed by atoms with Gasteiger partial charge in [0.25, 0.3) is 0 Å². The van der Waals surface area contributed by atoms with E-state index in [-0.39, 0.29) is 17.0 Å². The van der Waals surface area contributed by atoms with E-state index >= 15 is 0 Å². The van der Waals surface area contributed by atoms with Gasteiger partial charge in [-0.2, -0.15) is 0 Å². The first-order valence-corrected chi connectivity index (χ1v) is 4.63. The molecule has 0 saturated carbocycles. The highest BCUT2D eigenvalue weighted by molar-refractivity contribution is 5.88. The van der Waals surface area contributed by atoms with E-state index in [9.17, 15) is 13.6 Å². The number of nitrogens with zero attached hydrogens (tertiary/aromatic N) is 1. The molecule has 0 aliphatic rings. The number of methoxy groups -OCH3 is 1. The molecule has 1 aromatic heterocycles. The highest BCUT2D eigenvalue weighted by Crippen LogP contribution is 2.26. The van der Waals surface area contributed by atoms with Gasteiger partial charge in [0, 0.05) is 6.07 Å². The van der Waals surface area contributed by atoms with E-state index in [4.69, 9.17) is 4.52 Å². The molecule has 0 radical (unpaired) electrons. The SMILES string of the molecule is COC(=O)c1cc(-c2c(F)cccc2F)on1. The summed E-state index contributed by atoms with van der Waals surface area (Å²) in [5, 5.41) is 3.36. The van der Waals surface area contributed by atoms with Gasteiger partial charge in [-0.05, 0) is 12.1 Å². The molecular formula is C11H7F2NO3. The van der Waals surface area contributed by atoms with Crippen LogP contribution in [0.4, 0.5) is 8.78 Å². The molecule has 0 bridgehead atoms. The van der Waals surface area contributed by atoms with E-state index < -0.39 is 17.6 Å². The van der Waals surface area contributed by atoms with E-state index in [1.165, 1.54) is 13.2 Å². The van der Waals surface area contributed by atoms with Crippen molar-refractivity contribution < 1.29 is 22.8 Å². The lowest BCUT2D eigenvalue weighted by molar-refractivity contribution is 0.0589. The molecule has 2 rings (SSSR count). The molecule has 0 amide bonds. The van der Waals surface area contributed by atoms with Crippen LogP contribution in [-0.2, 0) is 4.74 Å². The maximum Gasteiger partial charge on any atom is 0.360 e. The quantitative estimate of drug-likeness (QED) is 0.755. The number of esters is 1. The van der Waals surface area contributed by atoms with Crippen LogP contribution in [0.5, 0.6) is 0 Å². The van der Waals surface area contributed by atoms with Crippen molar-refractivity contribution in [3.05, 3.63) is 41.6 Å². The van der Waals surface area contributed by atoms with Gasteiger partial charge in [0.05, 0.1) is 12.7 Å². The van der Waals surface area contributed by atoms with Crippen LogP contribution in [0, 0.1) is 11.6 Å². The first kappa shape index (κ1) is 11.3.